The molecule has 208 valence electrons. The molecule has 0 spiro atoms. The lowest BCUT2D eigenvalue weighted by atomic mass is 9.79. The topological polar surface area (TPSA) is 20.9 Å². The first-order valence-electron chi connectivity index (χ1n) is 15.2. The van der Waals surface area contributed by atoms with E-state index in [-0.39, 0.29) is 0 Å². The van der Waals surface area contributed by atoms with Gasteiger partial charge in [0.15, 0.2) is 24.6 Å². The van der Waals surface area contributed by atoms with Crippen LogP contribution in [0.5, 0.6) is 0 Å². The predicted molar refractivity (Wildman–Crippen MR) is 172 cm³/mol. The molecule has 1 aliphatic rings. The van der Waals surface area contributed by atoms with E-state index in [9.17, 15) is 0 Å². The fourth-order valence-corrected chi connectivity index (χ4v) is 7.17. The Kier molecular flexibility index (Phi) is 6.54. The highest BCUT2D eigenvalue weighted by atomic mass is 16.3. The Morgan fingerprint density at radius 2 is 1.67 bits per heavy atom. The molecule has 0 saturated carbocycles. The summed E-state index contributed by atoms with van der Waals surface area (Å²) in [6.45, 7) is 13.3. The summed E-state index contributed by atoms with van der Waals surface area (Å²) in [5.41, 5.74) is 12.3. The van der Waals surface area contributed by atoms with E-state index in [0.717, 1.165) is 29.7 Å². The average molecular weight is 551 g/mol. The Bertz CT molecular complexity index is 1980. The summed E-state index contributed by atoms with van der Waals surface area (Å²) in [4.78, 5) is 0. The fraction of sp³-hybridized carbons (Fsp3) is 0.231. The molecule has 0 fully saturated rings. The molecule has 0 radical (unpaired) electrons. The van der Waals surface area contributed by atoms with Gasteiger partial charge in [0.25, 0.3) is 0 Å². The first-order valence-corrected chi connectivity index (χ1v) is 15.2. The third-order valence-corrected chi connectivity index (χ3v) is 9.25. The van der Waals surface area contributed by atoms with Crippen molar-refractivity contribution in [1.29, 1.82) is 0 Å². The van der Waals surface area contributed by atoms with E-state index in [1.165, 1.54) is 49.8 Å². The van der Waals surface area contributed by atoms with Gasteiger partial charge in [0, 0.05) is 46.5 Å². The number of fused-ring (bicyclic) bond motifs is 6. The van der Waals surface area contributed by atoms with Crippen molar-refractivity contribution >= 4 is 28.1 Å². The molecule has 1 aliphatic heterocycles. The largest absolute Gasteiger partial charge is 0.455 e. The van der Waals surface area contributed by atoms with Crippen LogP contribution in [0.2, 0.25) is 0 Å². The van der Waals surface area contributed by atoms with Gasteiger partial charge in [0.1, 0.15) is 11.2 Å². The quantitative estimate of drug-likeness (QED) is 0.189. The van der Waals surface area contributed by atoms with E-state index in [4.69, 9.17) is 4.42 Å². The molecule has 2 atom stereocenters. The molecule has 0 saturated heterocycles. The van der Waals surface area contributed by atoms with E-state index in [0.29, 0.717) is 17.9 Å². The van der Waals surface area contributed by atoms with Gasteiger partial charge in [0.05, 0.1) is 5.56 Å². The standard InChI is InChI=1S/C39H38N2O/c1-6-40-21-11-9-15-35(40)37-28(24-32(25(2)3)38-31-13-7-8-16-36(31)42-39(37)38)18-20-29-27(5)41-22-12-10-14-34(41)30-19-17-26(4)23-33(29)30/h6-17,19,21-25,27,29H,1,18,20H2,2-5H3/q+2. The molecule has 2 unspecified atom stereocenters. The number of benzene rings is 3. The Balaban J connectivity index is 1.43. The molecule has 7 rings (SSSR count). The lowest BCUT2D eigenvalue weighted by molar-refractivity contribution is -0.714. The number of aryl methyl sites for hydroxylation is 2. The van der Waals surface area contributed by atoms with Gasteiger partial charge >= 0.3 is 0 Å². The predicted octanol–water partition coefficient (Wildman–Crippen LogP) is 9.32. The van der Waals surface area contributed by atoms with Crippen LogP contribution in [-0.4, -0.2) is 0 Å². The second-order valence-electron chi connectivity index (χ2n) is 12.1. The maximum atomic E-state index is 6.75. The third-order valence-electron chi connectivity index (χ3n) is 9.25. The molecule has 3 aromatic carbocycles. The van der Waals surface area contributed by atoms with E-state index in [2.05, 4.69) is 141 Å². The van der Waals surface area contributed by atoms with Crippen molar-refractivity contribution in [2.75, 3.05) is 0 Å². The highest BCUT2D eigenvalue weighted by Crippen LogP contribution is 2.45. The van der Waals surface area contributed by atoms with Gasteiger partial charge in [-0.2, -0.15) is 9.13 Å². The van der Waals surface area contributed by atoms with E-state index >= 15 is 0 Å². The smallest absolute Gasteiger partial charge is 0.221 e. The van der Waals surface area contributed by atoms with Crippen LogP contribution in [-0.2, 0) is 6.42 Å². The Labute approximate surface area is 248 Å². The number of pyridine rings is 2. The lowest BCUT2D eigenvalue weighted by Crippen LogP contribution is -2.45. The van der Waals surface area contributed by atoms with Crippen LogP contribution in [0.15, 0.2) is 108 Å². The first-order chi connectivity index (χ1) is 20.5. The fourth-order valence-electron chi connectivity index (χ4n) is 7.17. The molecule has 0 amide bonds. The molecule has 3 heteroatoms. The summed E-state index contributed by atoms with van der Waals surface area (Å²) in [6.07, 6.45) is 8.19. The van der Waals surface area contributed by atoms with Crippen LogP contribution in [0.25, 0.3) is 50.7 Å². The van der Waals surface area contributed by atoms with Crippen molar-refractivity contribution in [3.63, 3.8) is 0 Å². The molecule has 0 bridgehead atoms. The second-order valence-corrected chi connectivity index (χ2v) is 12.1. The number of hydrogen-bond acceptors (Lipinski definition) is 1. The minimum Gasteiger partial charge on any atom is -0.455 e. The molecule has 0 aliphatic carbocycles. The Morgan fingerprint density at radius 1 is 0.905 bits per heavy atom. The Hall–Kier alpha value is -4.50. The zero-order chi connectivity index (χ0) is 29.0. The van der Waals surface area contributed by atoms with Crippen LogP contribution in [0.3, 0.4) is 0 Å². The molecular formula is C39H38N2O+2. The summed E-state index contributed by atoms with van der Waals surface area (Å²) in [5, 5.41) is 2.42. The molecular weight excluding hydrogens is 512 g/mol. The first kappa shape index (κ1) is 26.4. The highest BCUT2D eigenvalue weighted by molar-refractivity contribution is 6.11. The lowest BCUT2D eigenvalue weighted by Gasteiger charge is -2.29. The Morgan fingerprint density at radius 3 is 2.48 bits per heavy atom. The van der Waals surface area contributed by atoms with E-state index in [1.54, 1.807) is 0 Å². The van der Waals surface area contributed by atoms with Crippen LogP contribution in [0.1, 0.15) is 67.3 Å². The van der Waals surface area contributed by atoms with Crippen molar-refractivity contribution in [2.45, 2.75) is 58.4 Å². The molecule has 3 aromatic heterocycles. The van der Waals surface area contributed by atoms with Crippen molar-refractivity contribution in [3.8, 4) is 22.5 Å². The van der Waals surface area contributed by atoms with Crippen LogP contribution in [0, 0.1) is 6.92 Å². The van der Waals surface area contributed by atoms with Crippen LogP contribution >= 0.6 is 0 Å². The van der Waals surface area contributed by atoms with Gasteiger partial charge < -0.3 is 4.42 Å². The van der Waals surface area contributed by atoms with Crippen molar-refractivity contribution in [2.24, 2.45) is 0 Å². The number of hydrogen-bond donors (Lipinski definition) is 0. The number of aromatic nitrogens is 2. The summed E-state index contributed by atoms with van der Waals surface area (Å²) >= 11 is 0. The number of rotatable bonds is 6. The molecule has 3 nitrogen and oxygen atoms in total. The maximum Gasteiger partial charge on any atom is 0.221 e. The van der Waals surface area contributed by atoms with Crippen molar-refractivity contribution < 1.29 is 13.6 Å². The van der Waals surface area contributed by atoms with Gasteiger partial charge in [-0.1, -0.05) is 55.8 Å². The second kappa shape index (κ2) is 10.4. The van der Waals surface area contributed by atoms with Gasteiger partial charge in [-0.05, 0) is 80.1 Å². The average Bonchev–Trinajstić information content (AvgIpc) is 3.39. The summed E-state index contributed by atoms with van der Waals surface area (Å²) in [5.74, 6) is 0.756. The summed E-state index contributed by atoms with van der Waals surface area (Å²) in [7, 11) is 0. The van der Waals surface area contributed by atoms with Crippen LogP contribution in [0.4, 0.5) is 0 Å². The third kappa shape index (κ3) is 4.18. The molecule has 42 heavy (non-hydrogen) atoms. The van der Waals surface area contributed by atoms with E-state index < -0.39 is 0 Å². The van der Waals surface area contributed by atoms with Gasteiger partial charge in [-0.25, -0.2) is 0 Å². The van der Waals surface area contributed by atoms with Crippen molar-refractivity contribution in [1.82, 2.24) is 0 Å². The number of nitrogens with zero attached hydrogens (tertiary/aromatic N) is 2. The highest BCUT2D eigenvalue weighted by Gasteiger charge is 2.37. The monoisotopic (exact) mass is 550 g/mol. The van der Waals surface area contributed by atoms with Gasteiger partial charge in [-0.15, -0.1) is 0 Å². The normalized spacial score (nSPS) is 16.1. The number of para-hydroxylation sites is 1. The molecule has 0 N–H and O–H groups in total. The molecule has 6 aromatic rings. The number of furan rings is 1. The van der Waals surface area contributed by atoms with Gasteiger partial charge in [-0.3, -0.25) is 0 Å². The van der Waals surface area contributed by atoms with Crippen LogP contribution < -0.4 is 9.13 Å². The zero-order valence-electron chi connectivity index (χ0n) is 25.0. The zero-order valence-corrected chi connectivity index (χ0v) is 25.0. The summed E-state index contributed by atoms with van der Waals surface area (Å²) < 4.78 is 11.3. The van der Waals surface area contributed by atoms with Gasteiger partial charge in [0.2, 0.25) is 11.4 Å². The molecule has 4 heterocycles. The van der Waals surface area contributed by atoms with E-state index in [1.807, 2.05) is 6.20 Å². The minimum atomic E-state index is 0.355. The summed E-state index contributed by atoms with van der Waals surface area (Å²) in [6, 6.07) is 31.2. The maximum absolute atomic E-state index is 6.75. The SMILES string of the molecule is C=C[n+]1ccccc1-c1c(CCC2c3cc(C)ccc3-c3cccc[n+]3C2C)cc(C(C)C)c2c1oc1ccccc12. The van der Waals surface area contributed by atoms with Crippen molar-refractivity contribution in [3.05, 3.63) is 126 Å². The minimum absolute atomic E-state index is 0.355.